The van der Waals surface area contributed by atoms with E-state index in [0.29, 0.717) is 0 Å². The number of aromatic nitrogens is 1. The Morgan fingerprint density at radius 2 is 1.77 bits per heavy atom. The van der Waals surface area contributed by atoms with Gasteiger partial charge in [-0.05, 0) is 28.6 Å². The Labute approximate surface area is 72.7 Å². The Hall–Kier alpha value is -2.04. The van der Waals surface area contributed by atoms with Crippen LogP contribution in [0.4, 0.5) is 11.4 Å². The first-order valence-electron chi connectivity index (χ1n) is 3.63. The SMILES string of the molecule is O=Nc1cc2cc[nH]c2cc1N=O. The number of H-pyrrole nitrogens is 1. The van der Waals surface area contributed by atoms with Crippen LogP contribution in [-0.4, -0.2) is 4.98 Å². The molecular formula is C8H5N3O2. The number of benzene rings is 1. The van der Waals surface area contributed by atoms with Crippen LogP contribution in [0.5, 0.6) is 0 Å². The van der Waals surface area contributed by atoms with Crippen molar-refractivity contribution >= 4 is 22.3 Å². The zero-order valence-electron chi connectivity index (χ0n) is 6.52. The van der Waals surface area contributed by atoms with Crippen molar-refractivity contribution in [2.24, 2.45) is 10.4 Å². The van der Waals surface area contributed by atoms with Gasteiger partial charge in [-0.25, -0.2) is 0 Å². The third kappa shape index (κ3) is 1.10. The van der Waals surface area contributed by atoms with Gasteiger partial charge in [-0.1, -0.05) is 0 Å². The van der Waals surface area contributed by atoms with Crippen LogP contribution >= 0.6 is 0 Å². The molecule has 1 aromatic carbocycles. The lowest BCUT2D eigenvalue weighted by Crippen LogP contribution is -1.69. The van der Waals surface area contributed by atoms with E-state index in [1.165, 1.54) is 12.1 Å². The summed E-state index contributed by atoms with van der Waals surface area (Å²) >= 11 is 0. The van der Waals surface area contributed by atoms with E-state index in [2.05, 4.69) is 15.3 Å². The van der Waals surface area contributed by atoms with Crippen molar-refractivity contribution < 1.29 is 0 Å². The van der Waals surface area contributed by atoms with E-state index in [4.69, 9.17) is 0 Å². The van der Waals surface area contributed by atoms with Gasteiger partial charge < -0.3 is 4.98 Å². The van der Waals surface area contributed by atoms with Crippen LogP contribution < -0.4 is 0 Å². The van der Waals surface area contributed by atoms with Crippen LogP contribution in [0.3, 0.4) is 0 Å². The Bertz CT molecular complexity index is 433. The monoisotopic (exact) mass is 175 g/mol. The first-order valence-corrected chi connectivity index (χ1v) is 3.63. The number of nitroso groups, excluding NO2 is 2. The van der Waals surface area contributed by atoms with E-state index in [9.17, 15) is 9.81 Å². The highest BCUT2D eigenvalue weighted by molar-refractivity contribution is 5.87. The number of fused-ring (bicyclic) bond motifs is 1. The van der Waals surface area contributed by atoms with Gasteiger partial charge in [0.15, 0.2) is 0 Å². The van der Waals surface area contributed by atoms with Crippen molar-refractivity contribution in [1.82, 2.24) is 4.98 Å². The molecular weight excluding hydrogens is 170 g/mol. The molecule has 1 heterocycles. The van der Waals surface area contributed by atoms with E-state index in [0.717, 1.165) is 10.9 Å². The summed E-state index contributed by atoms with van der Waals surface area (Å²) in [5, 5.41) is 6.26. The molecule has 13 heavy (non-hydrogen) atoms. The quantitative estimate of drug-likeness (QED) is 0.712. The second-order valence-corrected chi connectivity index (χ2v) is 2.59. The maximum atomic E-state index is 10.3. The molecule has 2 aromatic rings. The summed E-state index contributed by atoms with van der Waals surface area (Å²) < 4.78 is 0. The van der Waals surface area contributed by atoms with Crippen LogP contribution in [0.1, 0.15) is 0 Å². The molecule has 0 aliphatic heterocycles. The van der Waals surface area contributed by atoms with Crippen LogP contribution in [-0.2, 0) is 0 Å². The van der Waals surface area contributed by atoms with Gasteiger partial charge in [-0.3, -0.25) is 0 Å². The molecule has 0 unspecified atom stereocenters. The molecule has 1 aromatic heterocycles. The fourth-order valence-corrected chi connectivity index (χ4v) is 1.22. The molecule has 0 amide bonds. The molecule has 0 saturated carbocycles. The number of nitrogens with one attached hydrogen (secondary N) is 1. The number of hydrogen-bond donors (Lipinski definition) is 1. The molecule has 0 atom stereocenters. The number of nitrogens with zero attached hydrogens (tertiary/aromatic N) is 2. The summed E-state index contributed by atoms with van der Waals surface area (Å²) in [6.07, 6.45) is 1.72. The predicted molar refractivity (Wildman–Crippen MR) is 49.2 cm³/mol. The van der Waals surface area contributed by atoms with E-state index >= 15 is 0 Å². The van der Waals surface area contributed by atoms with Gasteiger partial charge in [0.1, 0.15) is 11.4 Å². The van der Waals surface area contributed by atoms with E-state index < -0.39 is 0 Å². The standard InChI is InChI=1S/C8H5N3O2/c12-10-7-3-5-1-2-9-6(5)4-8(7)11-13/h1-4,9H. The normalized spacial score (nSPS) is 10.2. The summed E-state index contributed by atoms with van der Waals surface area (Å²) in [5.41, 5.74) is 0.897. The van der Waals surface area contributed by atoms with E-state index in [-0.39, 0.29) is 11.4 Å². The number of rotatable bonds is 2. The Kier molecular flexibility index (Phi) is 1.63. The van der Waals surface area contributed by atoms with Crippen LogP contribution in [0.15, 0.2) is 34.7 Å². The molecule has 0 bridgehead atoms. The largest absolute Gasteiger partial charge is 0.361 e. The minimum absolute atomic E-state index is 0.0601. The highest BCUT2D eigenvalue weighted by atomic mass is 16.3. The Morgan fingerprint density at radius 3 is 2.46 bits per heavy atom. The molecule has 0 radical (unpaired) electrons. The Morgan fingerprint density at radius 1 is 1.08 bits per heavy atom. The minimum Gasteiger partial charge on any atom is -0.361 e. The zero-order chi connectivity index (χ0) is 9.26. The second-order valence-electron chi connectivity index (χ2n) is 2.59. The summed E-state index contributed by atoms with van der Waals surface area (Å²) in [6, 6.07) is 4.81. The summed E-state index contributed by atoms with van der Waals surface area (Å²) in [4.78, 5) is 23.5. The summed E-state index contributed by atoms with van der Waals surface area (Å²) in [7, 11) is 0. The number of aromatic amines is 1. The first kappa shape index (κ1) is 7.60. The highest BCUT2D eigenvalue weighted by Gasteiger charge is 2.05. The minimum atomic E-state index is 0.0601. The molecule has 0 aliphatic carbocycles. The van der Waals surface area contributed by atoms with E-state index in [1.54, 1.807) is 12.3 Å². The third-order valence-corrected chi connectivity index (χ3v) is 1.85. The van der Waals surface area contributed by atoms with Gasteiger partial charge in [0.2, 0.25) is 0 Å². The molecule has 1 N–H and O–H groups in total. The topological polar surface area (TPSA) is 74.7 Å². The molecule has 0 saturated heterocycles. The van der Waals surface area contributed by atoms with E-state index in [1.807, 2.05) is 0 Å². The average molecular weight is 175 g/mol. The second kappa shape index (κ2) is 2.78. The van der Waals surface area contributed by atoms with Crippen LogP contribution in [0.2, 0.25) is 0 Å². The maximum Gasteiger partial charge on any atom is 0.139 e. The highest BCUT2D eigenvalue weighted by Crippen LogP contribution is 2.31. The van der Waals surface area contributed by atoms with Crippen molar-refractivity contribution in [3.05, 3.63) is 34.2 Å². The summed E-state index contributed by atoms with van der Waals surface area (Å²) in [5.74, 6) is 0. The lowest BCUT2D eigenvalue weighted by molar-refractivity contribution is 1.42. The van der Waals surface area contributed by atoms with Crippen molar-refractivity contribution in [1.29, 1.82) is 0 Å². The number of hydrogen-bond acceptors (Lipinski definition) is 4. The molecule has 2 rings (SSSR count). The van der Waals surface area contributed by atoms with Crippen molar-refractivity contribution in [2.45, 2.75) is 0 Å². The fourth-order valence-electron chi connectivity index (χ4n) is 1.22. The van der Waals surface area contributed by atoms with Gasteiger partial charge in [-0.15, -0.1) is 9.81 Å². The van der Waals surface area contributed by atoms with Gasteiger partial charge in [0.05, 0.1) is 0 Å². The molecule has 0 aliphatic rings. The smallest absolute Gasteiger partial charge is 0.139 e. The Balaban J connectivity index is 2.80. The van der Waals surface area contributed by atoms with Gasteiger partial charge in [0.25, 0.3) is 0 Å². The average Bonchev–Trinajstić information content (AvgIpc) is 2.62. The first-order chi connectivity index (χ1) is 6.35. The molecule has 5 nitrogen and oxygen atoms in total. The van der Waals surface area contributed by atoms with Crippen LogP contribution in [0, 0.1) is 9.81 Å². The van der Waals surface area contributed by atoms with Gasteiger partial charge >= 0.3 is 0 Å². The van der Waals surface area contributed by atoms with Gasteiger partial charge in [0, 0.05) is 17.1 Å². The molecule has 0 fully saturated rings. The lowest BCUT2D eigenvalue weighted by atomic mass is 10.2. The van der Waals surface area contributed by atoms with Crippen molar-refractivity contribution in [3.8, 4) is 0 Å². The summed E-state index contributed by atoms with van der Waals surface area (Å²) in [6.45, 7) is 0. The van der Waals surface area contributed by atoms with Crippen molar-refractivity contribution in [3.63, 3.8) is 0 Å². The predicted octanol–water partition coefficient (Wildman–Crippen LogP) is 2.96. The fraction of sp³-hybridized carbons (Fsp3) is 0. The van der Waals surface area contributed by atoms with Crippen LogP contribution in [0.25, 0.3) is 10.9 Å². The zero-order valence-corrected chi connectivity index (χ0v) is 6.52. The maximum absolute atomic E-state index is 10.3. The van der Waals surface area contributed by atoms with Crippen molar-refractivity contribution in [2.75, 3.05) is 0 Å². The molecule has 64 valence electrons. The van der Waals surface area contributed by atoms with Gasteiger partial charge in [-0.2, -0.15) is 0 Å². The molecule has 5 heteroatoms. The molecule has 0 spiro atoms. The third-order valence-electron chi connectivity index (χ3n) is 1.85. The lowest BCUT2D eigenvalue weighted by Gasteiger charge is -1.93.